The summed E-state index contributed by atoms with van der Waals surface area (Å²) in [4.78, 5) is 38.6. The number of benzene rings is 2. The molecule has 0 bridgehead atoms. The fourth-order valence-corrected chi connectivity index (χ4v) is 6.63. The number of halogens is 1. The van der Waals surface area contributed by atoms with Gasteiger partial charge in [0.2, 0.25) is 11.8 Å². The van der Waals surface area contributed by atoms with Gasteiger partial charge in [-0.2, -0.15) is 0 Å². The molecule has 0 unspecified atom stereocenters. The number of aliphatic hydroxyl groups excluding tert-OH is 3. The second-order valence-corrected chi connectivity index (χ2v) is 11.6. The minimum absolute atomic E-state index is 0.0300. The van der Waals surface area contributed by atoms with Crippen molar-refractivity contribution in [2.24, 2.45) is 17.8 Å². The van der Waals surface area contributed by atoms with Gasteiger partial charge in [0.1, 0.15) is 0 Å². The largest absolute Gasteiger partial charge is 0.504 e. The Morgan fingerprint density at radius 1 is 1.24 bits per heavy atom. The van der Waals surface area contributed by atoms with Crippen LogP contribution in [-0.4, -0.2) is 63.6 Å². The first-order valence-electron chi connectivity index (χ1n) is 13.6. The normalized spacial score (nSPS) is 21.5. The number of methoxy groups -OCH3 is 1. The maximum atomic E-state index is 13.6. The van der Waals surface area contributed by atoms with Crippen molar-refractivity contribution in [3.63, 3.8) is 0 Å². The van der Waals surface area contributed by atoms with E-state index in [0.29, 0.717) is 33.3 Å². The summed E-state index contributed by atoms with van der Waals surface area (Å²) in [6.45, 7) is 1.000. The van der Waals surface area contributed by atoms with E-state index in [2.05, 4.69) is 0 Å². The minimum atomic E-state index is -1.09. The first-order chi connectivity index (χ1) is 20.1. The van der Waals surface area contributed by atoms with Crippen molar-refractivity contribution >= 4 is 51.9 Å². The summed E-state index contributed by atoms with van der Waals surface area (Å²) in [6, 6.07) is 8.77. The van der Waals surface area contributed by atoms with Crippen molar-refractivity contribution in [2.75, 3.05) is 25.2 Å². The number of carbonyl (C=O) groups is 2. The highest BCUT2D eigenvalue weighted by molar-refractivity contribution is 14.1. The lowest BCUT2D eigenvalue weighted by Crippen LogP contribution is -2.39. The van der Waals surface area contributed by atoms with Gasteiger partial charge in [0.05, 0.1) is 52.4 Å². The van der Waals surface area contributed by atoms with Gasteiger partial charge < -0.3 is 25.2 Å². The number of carbonyl (C=O) groups excluding carboxylic acids is 2. The van der Waals surface area contributed by atoms with Gasteiger partial charge in [-0.25, -0.2) is 4.90 Å². The van der Waals surface area contributed by atoms with Crippen LogP contribution in [0.15, 0.2) is 53.1 Å². The van der Waals surface area contributed by atoms with Crippen LogP contribution < -0.4 is 9.64 Å². The van der Waals surface area contributed by atoms with E-state index in [1.807, 2.05) is 41.7 Å². The van der Waals surface area contributed by atoms with E-state index < -0.39 is 53.8 Å². The number of amides is 2. The fourth-order valence-electron chi connectivity index (χ4n) is 6.00. The number of allylic oxidation sites excluding steroid dienone is 1. The highest BCUT2D eigenvalue weighted by Gasteiger charge is 2.55. The lowest BCUT2D eigenvalue weighted by atomic mass is 9.68. The average Bonchev–Trinajstić information content (AvgIpc) is 3.24. The molecule has 4 atom stereocenters. The summed E-state index contributed by atoms with van der Waals surface area (Å²) < 4.78 is 5.88. The summed E-state index contributed by atoms with van der Waals surface area (Å²) in [7, 11) is 1.47. The summed E-state index contributed by atoms with van der Waals surface area (Å²) in [5, 5.41) is 53.4. The third-order valence-corrected chi connectivity index (χ3v) is 8.89. The molecule has 2 aliphatic rings. The van der Waals surface area contributed by atoms with Crippen molar-refractivity contribution < 1.29 is 39.7 Å². The Morgan fingerprint density at radius 3 is 2.60 bits per heavy atom. The van der Waals surface area contributed by atoms with Crippen molar-refractivity contribution in [1.82, 2.24) is 0 Å². The quantitative estimate of drug-likeness (QED) is 0.0895. The standard InChI is InChI=1S/C30H33IN2O9/c1-3-16(9-17-10-23(31)28(37)25(11-17)42-2)7-8-24(36)26-18(14-34)12-21-27(22(26)15-35)30(39)32(29(21)38)19-5-4-6-20(13-19)33(40)41/h4-6,9-11,13,21-22,24,27,34-37H,3,7-8,12,14-15H2,1-2H3/b16-9+/t21-,22+,24-,27-/m1/s1. The molecule has 0 radical (unpaired) electrons. The Bertz CT molecular complexity index is 1450. The van der Waals surface area contributed by atoms with Crippen molar-refractivity contribution in [1.29, 1.82) is 0 Å². The van der Waals surface area contributed by atoms with Crippen molar-refractivity contribution in [2.45, 2.75) is 38.7 Å². The van der Waals surface area contributed by atoms with Crippen LogP contribution >= 0.6 is 22.6 Å². The maximum absolute atomic E-state index is 13.6. The number of hydrogen-bond acceptors (Lipinski definition) is 9. The molecule has 2 amide bonds. The monoisotopic (exact) mass is 692 g/mol. The van der Waals surface area contributed by atoms with Gasteiger partial charge in [0, 0.05) is 18.1 Å². The Labute approximate surface area is 256 Å². The zero-order valence-electron chi connectivity index (χ0n) is 23.2. The van der Waals surface area contributed by atoms with E-state index in [1.54, 1.807) is 6.07 Å². The SMILES string of the molecule is CC/C(=C\c1cc(I)c(O)c(OC)c1)CC[C@@H](O)C1=C(CO)C[C@H]2C(=O)N(c3cccc([N+](=O)[O-])c3)C(=O)[C@H]2[C@H]1CO. The van der Waals surface area contributed by atoms with E-state index in [4.69, 9.17) is 4.74 Å². The summed E-state index contributed by atoms with van der Waals surface area (Å²) in [6.07, 6.45) is 2.28. The number of hydrogen-bond donors (Lipinski definition) is 4. The number of imide groups is 1. The van der Waals surface area contributed by atoms with Crippen LogP contribution in [0.3, 0.4) is 0 Å². The van der Waals surface area contributed by atoms with Gasteiger partial charge in [-0.1, -0.05) is 24.6 Å². The summed E-state index contributed by atoms with van der Waals surface area (Å²) in [5.41, 5.74) is 2.38. The lowest BCUT2D eigenvalue weighted by Gasteiger charge is -2.36. The second kappa shape index (κ2) is 13.3. The molecule has 1 heterocycles. The molecule has 2 aromatic rings. The number of nitro benzene ring substituents is 1. The second-order valence-electron chi connectivity index (χ2n) is 10.4. The summed E-state index contributed by atoms with van der Waals surface area (Å²) >= 11 is 2.02. The molecule has 12 heteroatoms. The molecule has 1 saturated heterocycles. The number of ether oxygens (including phenoxy) is 1. The number of rotatable bonds is 11. The van der Waals surface area contributed by atoms with Crippen LogP contribution in [-0.2, 0) is 9.59 Å². The summed E-state index contributed by atoms with van der Waals surface area (Å²) in [5.74, 6) is -3.51. The van der Waals surface area contributed by atoms with E-state index >= 15 is 0 Å². The molecule has 4 N–H and O–H groups in total. The molecule has 1 fully saturated rings. The van der Waals surface area contributed by atoms with Gasteiger partial charge in [-0.3, -0.25) is 19.7 Å². The molecule has 224 valence electrons. The van der Waals surface area contributed by atoms with Gasteiger partial charge in [0.25, 0.3) is 5.69 Å². The number of anilines is 1. The predicted molar refractivity (Wildman–Crippen MR) is 163 cm³/mol. The topological polar surface area (TPSA) is 171 Å². The highest BCUT2D eigenvalue weighted by atomic mass is 127. The van der Waals surface area contributed by atoms with Crippen LogP contribution in [0.2, 0.25) is 0 Å². The zero-order chi connectivity index (χ0) is 30.7. The highest BCUT2D eigenvalue weighted by Crippen LogP contribution is 2.47. The molecule has 42 heavy (non-hydrogen) atoms. The van der Waals surface area contributed by atoms with Crippen molar-refractivity contribution in [3.8, 4) is 11.5 Å². The number of nitrogens with zero attached hydrogens (tertiary/aromatic N) is 2. The molecule has 1 aliphatic carbocycles. The first-order valence-corrected chi connectivity index (χ1v) is 14.6. The Kier molecular flexibility index (Phi) is 10.0. The number of aromatic hydroxyl groups is 1. The molecule has 11 nitrogen and oxygen atoms in total. The Balaban J connectivity index is 1.59. The van der Waals surface area contributed by atoms with Crippen LogP contribution in [0.5, 0.6) is 11.5 Å². The fraction of sp³-hybridized carbons (Fsp3) is 0.400. The van der Waals surface area contributed by atoms with E-state index in [0.717, 1.165) is 22.1 Å². The minimum Gasteiger partial charge on any atom is -0.504 e. The third kappa shape index (κ3) is 6.07. The number of aliphatic hydroxyl groups is 3. The van der Waals surface area contributed by atoms with Crippen molar-refractivity contribution in [3.05, 3.63) is 72.4 Å². The number of fused-ring (bicyclic) bond motifs is 1. The van der Waals surface area contributed by atoms with Gasteiger partial charge >= 0.3 is 0 Å². The Hall–Kier alpha value is -3.33. The maximum Gasteiger partial charge on any atom is 0.271 e. The molecule has 1 aliphatic heterocycles. The number of phenolic OH excluding ortho intramolecular Hbond substituents is 1. The Morgan fingerprint density at radius 2 is 1.98 bits per heavy atom. The van der Waals surface area contributed by atoms with E-state index in [9.17, 15) is 40.1 Å². The average molecular weight is 693 g/mol. The predicted octanol–water partition coefficient (Wildman–Crippen LogP) is 3.96. The molecule has 0 saturated carbocycles. The van der Waals surface area contributed by atoms with Crippen LogP contribution in [0.1, 0.15) is 38.2 Å². The van der Waals surface area contributed by atoms with Crippen LogP contribution in [0, 0.1) is 31.4 Å². The number of phenols is 1. The molecule has 4 rings (SSSR count). The van der Waals surface area contributed by atoms with Gasteiger partial charge in [-0.05, 0) is 83.2 Å². The molecule has 0 aromatic heterocycles. The number of nitro groups is 1. The molecular weight excluding hydrogens is 659 g/mol. The molecular formula is C30H33IN2O9. The number of non-ortho nitro benzene ring substituents is 1. The molecule has 2 aromatic carbocycles. The van der Waals surface area contributed by atoms with Gasteiger partial charge in [0.15, 0.2) is 11.5 Å². The first kappa shape index (κ1) is 31.6. The van der Waals surface area contributed by atoms with Gasteiger partial charge in [-0.15, -0.1) is 0 Å². The van der Waals surface area contributed by atoms with E-state index in [1.165, 1.54) is 25.3 Å². The van der Waals surface area contributed by atoms with Crippen LogP contribution in [0.25, 0.3) is 6.08 Å². The third-order valence-electron chi connectivity index (χ3n) is 8.06. The lowest BCUT2D eigenvalue weighted by molar-refractivity contribution is -0.384. The van der Waals surface area contributed by atoms with Crippen LogP contribution in [0.4, 0.5) is 11.4 Å². The van der Waals surface area contributed by atoms with E-state index in [-0.39, 0.29) is 30.0 Å². The smallest absolute Gasteiger partial charge is 0.271 e. The zero-order valence-corrected chi connectivity index (χ0v) is 25.4. The molecule has 0 spiro atoms.